The third-order valence-corrected chi connectivity index (χ3v) is 3.36. The van der Waals surface area contributed by atoms with Gasteiger partial charge in [-0.25, -0.2) is 4.98 Å². The monoisotopic (exact) mass is 281 g/mol. The molecule has 0 aliphatic rings. The number of aromatic hydroxyl groups is 1. The summed E-state index contributed by atoms with van der Waals surface area (Å²) in [5, 5.41) is 13.8. The van der Waals surface area contributed by atoms with Gasteiger partial charge in [0.15, 0.2) is 5.69 Å². The zero-order valence-corrected chi connectivity index (χ0v) is 12.0. The Labute approximate surface area is 123 Å². The average molecular weight is 281 g/mol. The fourth-order valence-electron chi connectivity index (χ4n) is 2.33. The maximum Gasteiger partial charge on any atom is 0.213 e. The average Bonchev–Trinajstić information content (AvgIpc) is 2.49. The highest BCUT2D eigenvalue weighted by Crippen LogP contribution is 2.28. The molecule has 1 aromatic heterocycles. The van der Waals surface area contributed by atoms with Crippen molar-refractivity contribution in [3.05, 3.63) is 54.2 Å². The number of rotatable bonds is 3. The maximum absolute atomic E-state index is 9.36. The highest BCUT2D eigenvalue weighted by Gasteiger charge is 2.10. The lowest BCUT2D eigenvalue weighted by Gasteiger charge is -2.09. The summed E-state index contributed by atoms with van der Waals surface area (Å²) in [6.45, 7) is 2.02. The number of phenols is 1. The second-order valence-corrected chi connectivity index (χ2v) is 4.95. The highest BCUT2D eigenvalue weighted by molar-refractivity contribution is 5.92. The molecule has 0 bridgehead atoms. The molecule has 21 heavy (non-hydrogen) atoms. The Kier molecular flexibility index (Phi) is 3.36. The molecule has 0 amide bonds. The van der Waals surface area contributed by atoms with Crippen molar-refractivity contribution in [1.29, 1.82) is 0 Å². The van der Waals surface area contributed by atoms with Gasteiger partial charge in [0.25, 0.3) is 0 Å². The lowest BCUT2D eigenvalue weighted by atomic mass is 10.1. The van der Waals surface area contributed by atoms with Crippen LogP contribution in [0.2, 0.25) is 0 Å². The third kappa shape index (κ3) is 2.74. The Bertz CT molecular complexity index is 783. The fourth-order valence-corrected chi connectivity index (χ4v) is 2.33. The minimum atomic E-state index is 0.254. The predicted octanol–water partition coefficient (Wildman–Crippen LogP) is 3.42. The van der Waals surface area contributed by atoms with Crippen LogP contribution in [-0.4, -0.2) is 12.2 Å². The van der Waals surface area contributed by atoms with Crippen LogP contribution < -0.4 is 15.0 Å². The van der Waals surface area contributed by atoms with Crippen molar-refractivity contribution in [2.75, 3.05) is 12.4 Å². The van der Waals surface area contributed by atoms with Crippen molar-refractivity contribution in [3.8, 4) is 11.5 Å². The van der Waals surface area contributed by atoms with Gasteiger partial charge < -0.3 is 15.2 Å². The van der Waals surface area contributed by atoms with E-state index in [-0.39, 0.29) is 5.75 Å². The van der Waals surface area contributed by atoms with Gasteiger partial charge in [0.1, 0.15) is 11.5 Å². The minimum absolute atomic E-state index is 0.254. The summed E-state index contributed by atoms with van der Waals surface area (Å²) in [5.74, 6) is 1.07. The van der Waals surface area contributed by atoms with Gasteiger partial charge in [-0.3, -0.25) is 0 Å². The normalized spacial score (nSPS) is 10.6. The van der Waals surface area contributed by atoms with Crippen LogP contribution >= 0.6 is 0 Å². The summed E-state index contributed by atoms with van der Waals surface area (Å²) in [4.78, 5) is 3.34. The maximum atomic E-state index is 9.36. The Morgan fingerprint density at radius 2 is 1.81 bits per heavy atom. The van der Waals surface area contributed by atoms with Gasteiger partial charge in [0, 0.05) is 24.7 Å². The SMILES string of the molecule is COc1ccc2[nH+]c(C)cc(Nc3ccc(O)cc3)c2c1. The van der Waals surface area contributed by atoms with E-state index in [1.165, 1.54) is 0 Å². The molecule has 0 spiro atoms. The number of aromatic nitrogens is 1. The highest BCUT2D eigenvalue weighted by atomic mass is 16.5. The molecule has 0 saturated carbocycles. The molecule has 4 nitrogen and oxygen atoms in total. The van der Waals surface area contributed by atoms with E-state index in [0.29, 0.717) is 0 Å². The van der Waals surface area contributed by atoms with Crippen LogP contribution in [0, 0.1) is 6.92 Å². The van der Waals surface area contributed by atoms with Crippen molar-refractivity contribution in [2.45, 2.75) is 6.92 Å². The number of ether oxygens (including phenoxy) is 1. The lowest BCUT2D eigenvalue weighted by Crippen LogP contribution is -2.10. The second-order valence-electron chi connectivity index (χ2n) is 4.95. The van der Waals surface area contributed by atoms with Crippen LogP contribution in [0.4, 0.5) is 11.4 Å². The summed E-state index contributed by atoms with van der Waals surface area (Å²) in [6.07, 6.45) is 0. The Morgan fingerprint density at radius 3 is 2.52 bits per heavy atom. The number of pyridine rings is 1. The molecule has 2 aromatic carbocycles. The van der Waals surface area contributed by atoms with E-state index in [2.05, 4.69) is 16.4 Å². The molecule has 3 aromatic rings. The quantitative estimate of drug-likeness (QED) is 0.723. The van der Waals surface area contributed by atoms with Gasteiger partial charge in [-0.15, -0.1) is 0 Å². The van der Waals surface area contributed by atoms with E-state index in [4.69, 9.17) is 4.74 Å². The number of aryl methyl sites for hydroxylation is 1. The van der Waals surface area contributed by atoms with Crippen molar-refractivity contribution >= 4 is 22.3 Å². The number of methoxy groups -OCH3 is 1. The molecule has 0 aliphatic heterocycles. The van der Waals surface area contributed by atoms with Crippen molar-refractivity contribution in [1.82, 2.24) is 0 Å². The van der Waals surface area contributed by atoms with E-state index in [0.717, 1.165) is 33.7 Å². The molecular weight excluding hydrogens is 264 g/mol. The Balaban J connectivity index is 2.09. The standard InChI is InChI=1S/C17H16N2O2/c1-11-9-17(19-12-3-5-13(20)6-4-12)15-10-14(21-2)7-8-16(15)18-11/h3-10,20H,1-2H3,(H,18,19)/p+1. The lowest BCUT2D eigenvalue weighted by molar-refractivity contribution is -0.354. The predicted molar refractivity (Wildman–Crippen MR) is 83.2 cm³/mol. The van der Waals surface area contributed by atoms with Crippen molar-refractivity contribution < 1.29 is 14.8 Å². The van der Waals surface area contributed by atoms with Crippen LogP contribution in [0.15, 0.2) is 48.5 Å². The van der Waals surface area contributed by atoms with Crippen LogP contribution in [0.3, 0.4) is 0 Å². The first-order valence-electron chi connectivity index (χ1n) is 6.72. The van der Waals surface area contributed by atoms with E-state index in [1.807, 2.05) is 37.3 Å². The molecule has 0 saturated heterocycles. The van der Waals surface area contributed by atoms with E-state index in [1.54, 1.807) is 19.2 Å². The molecule has 0 unspecified atom stereocenters. The number of aromatic amines is 1. The summed E-state index contributed by atoms with van der Waals surface area (Å²) < 4.78 is 5.30. The number of nitrogens with one attached hydrogen (secondary N) is 2. The van der Waals surface area contributed by atoms with Crippen LogP contribution in [0.1, 0.15) is 5.69 Å². The molecule has 0 aliphatic carbocycles. The van der Waals surface area contributed by atoms with Crippen molar-refractivity contribution in [3.63, 3.8) is 0 Å². The van der Waals surface area contributed by atoms with Crippen molar-refractivity contribution in [2.24, 2.45) is 0 Å². The number of hydrogen-bond acceptors (Lipinski definition) is 3. The first-order chi connectivity index (χ1) is 10.2. The first kappa shape index (κ1) is 13.2. The largest absolute Gasteiger partial charge is 0.508 e. The molecule has 1 heterocycles. The molecule has 106 valence electrons. The molecular formula is C17H17N2O2+. The fraction of sp³-hybridized carbons (Fsp3) is 0.118. The van der Waals surface area contributed by atoms with Gasteiger partial charge in [0.2, 0.25) is 5.52 Å². The number of hydrogen-bond donors (Lipinski definition) is 2. The van der Waals surface area contributed by atoms with E-state index in [9.17, 15) is 5.11 Å². The van der Waals surface area contributed by atoms with Gasteiger partial charge in [-0.2, -0.15) is 0 Å². The number of fused-ring (bicyclic) bond motifs is 1. The first-order valence-corrected chi connectivity index (χ1v) is 6.72. The zero-order valence-electron chi connectivity index (χ0n) is 12.0. The molecule has 3 N–H and O–H groups in total. The molecule has 0 atom stereocenters. The summed E-state index contributed by atoms with van der Waals surface area (Å²) in [6, 6.07) is 15.0. The van der Waals surface area contributed by atoms with Crippen LogP contribution in [0.25, 0.3) is 10.9 Å². The molecule has 0 radical (unpaired) electrons. The summed E-state index contributed by atoms with van der Waals surface area (Å²) >= 11 is 0. The van der Waals surface area contributed by atoms with Gasteiger partial charge >= 0.3 is 0 Å². The molecule has 0 fully saturated rings. The van der Waals surface area contributed by atoms with Crippen LogP contribution in [-0.2, 0) is 0 Å². The smallest absolute Gasteiger partial charge is 0.213 e. The number of phenolic OH excluding ortho intramolecular Hbond substituents is 1. The third-order valence-electron chi connectivity index (χ3n) is 3.36. The summed E-state index contributed by atoms with van der Waals surface area (Å²) in [5.41, 5.74) is 4.01. The van der Waals surface area contributed by atoms with E-state index < -0.39 is 0 Å². The Morgan fingerprint density at radius 1 is 1.05 bits per heavy atom. The zero-order chi connectivity index (χ0) is 14.8. The van der Waals surface area contributed by atoms with Gasteiger partial charge in [-0.05, 0) is 36.4 Å². The van der Waals surface area contributed by atoms with Gasteiger partial charge in [-0.1, -0.05) is 0 Å². The molecule has 4 heteroatoms. The van der Waals surface area contributed by atoms with Crippen LogP contribution in [0.5, 0.6) is 11.5 Å². The number of H-pyrrole nitrogens is 1. The van der Waals surface area contributed by atoms with E-state index >= 15 is 0 Å². The van der Waals surface area contributed by atoms with Gasteiger partial charge in [0.05, 0.1) is 18.2 Å². The molecule has 3 rings (SSSR count). The summed E-state index contributed by atoms with van der Waals surface area (Å²) in [7, 11) is 1.66. The second kappa shape index (κ2) is 5.32. The number of anilines is 2. The minimum Gasteiger partial charge on any atom is -0.508 e. The topological polar surface area (TPSA) is 55.6 Å². The Hall–Kier alpha value is -2.75. The number of benzene rings is 2.